The summed E-state index contributed by atoms with van der Waals surface area (Å²) in [6.45, 7) is 2.76. The van der Waals surface area contributed by atoms with Crippen LogP contribution in [0.4, 0.5) is 4.39 Å². The molecular weight excluding hydrogens is 321 g/mol. The summed E-state index contributed by atoms with van der Waals surface area (Å²) in [5.41, 5.74) is -0.00489. The van der Waals surface area contributed by atoms with Crippen LogP contribution in [0.2, 0.25) is 5.02 Å². The molecule has 23 heavy (non-hydrogen) atoms. The van der Waals surface area contributed by atoms with Gasteiger partial charge in [-0.05, 0) is 43.4 Å². The number of hydrogen-bond acceptors (Lipinski definition) is 3. The largest absolute Gasteiger partial charge is 0.381 e. The molecule has 0 aromatic heterocycles. The van der Waals surface area contributed by atoms with Crippen LogP contribution in [-0.2, 0) is 9.47 Å². The lowest BCUT2D eigenvalue weighted by Crippen LogP contribution is -2.49. The topological polar surface area (TPSA) is 47.6 Å². The van der Waals surface area contributed by atoms with E-state index < -0.39 is 11.7 Å². The van der Waals surface area contributed by atoms with Gasteiger partial charge in [-0.25, -0.2) is 4.39 Å². The molecule has 0 saturated carbocycles. The van der Waals surface area contributed by atoms with Gasteiger partial charge in [0.2, 0.25) is 0 Å². The Hall–Kier alpha value is -1.17. The number of halogens is 2. The average Bonchev–Trinajstić information content (AvgIpc) is 2.58. The fraction of sp³-hybridized carbons (Fsp3) is 0.588. The van der Waals surface area contributed by atoms with Crippen molar-refractivity contribution in [3.63, 3.8) is 0 Å². The van der Waals surface area contributed by atoms with E-state index in [1.165, 1.54) is 18.2 Å². The van der Waals surface area contributed by atoms with E-state index in [2.05, 4.69) is 5.32 Å². The molecule has 2 aliphatic heterocycles. The number of carbonyl (C=O) groups excluding carboxylic acids is 1. The van der Waals surface area contributed by atoms with Gasteiger partial charge in [-0.1, -0.05) is 11.6 Å². The SMILES string of the molecule is O=C(N[C@@H]1CCOC[C@@H]1C1CCOCC1)c1cc(Cl)ccc1F. The monoisotopic (exact) mass is 341 g/mol. The Balaban J connectivity index is 1.71. The van der Waals surface area contributed by atoms with Crippen molar-refractivity contribution >= 4 is 17.5 Å². The maximum atomic E-state index is 13.9. The number of nitrogens with one attached hydrogen (secondary N) is 1. The predicted molar refractivity (Wildman–Crippen MR) is 85.1 cm³/mol. The molecule has 2 heterocycles. The molecule has 1 N–H and O–H groups in total. The first-order valence-electron chi connectivity index (χ1n) is 8.06. The van der Waals surface area contributed by atoms with Crippen LogP contribution in [0.15, 0.2) is 18.2 Å². The molecule has 126 valence electrons. The van der Waals surface area contributed by atoms with Crippen LogP contribution in [0.25, 0.3) is 0 Å². The first kappa shape index (κ1) is 16.7. The minimum Gasteiger partial charge on any atom is -0.381 e. The molecular formula is C17H21ClFNO3. The van der Waals surface area contributed by atoms with Crippen LogP contribution in [-0.4, -0.2) is 38.4 Å². The Morgan fingerprint density at radius 1 is 1.17 bits per heavy atom. The van der Waals surface area contributed by atoms with E-state index in [4.69, 9.17) is 21.1 Å². The summed E-state index contributed by atoms with van der Waals surface area (Å²) < 4.78 is 24.9. The van der Waals surface area contributed by atoms with Crippen molar-refractivity contribution in [1.29, 1.82) is 0 Å². The van der Waals surface area contributed by atoms with Crippen molar-refractivity contribution in [1.82, 2.24) is 5.32 Å². The normalized spacial score (nSPS) is 26.0. The van der Waals surface area contributed by atoms with Gasteiger partial charge in [0.25, 0.3) is 5.91 Å². The number of amides is 1. The van der Waals surface area contributed by atoms with Crippen LogP contribution >= 0.6 is 11.6 Å². The first-order valence-corrected chi connectivity index (χ1v) is 8.44. The van der Waals surface area contributed by atoms with Crippen molar-refractivity contribution in [2.75, 3.05) is 26.4 Å². The molecule has 0 spiro atoms. The second kappa shape index (κ2) is 7.60. The lowest BCUT2D eigenvalue weighted by molar-refractivity contribution is -0.0259. The van der Waals surface area contributed by atoms with Gasteiger partial charge in [-0.15, -0.1) is 0 Å². The molecule has 2 fully saturated rings. The summed E-state index contributed by atoms with van der Waals surface area (Å²) in [5.74, 6) is -0.243. The summed E-state index contributed by atoms with van der Waals surface area (Å²) in [5, 5.41) is 3.34. The summed E-state index contributed by atoms with van der Waals surface area (Å²) >= 11 is 5.87. The Morgan fingerprint density at radius 2 is 1.91 bits per heavy atom. The van der Waals surface area contributed by atoms with Gasteiger partial charge in [0, 0.05) is 36.8 Å². The molecule has 0 unspecified atom stereocenters. The lowest BCUT2D eigenvalue weighted by Gasteiger charge is -2.39. The van der Waals surface area contributed by atoms with E-state index in [1.54, 1.807) is 0 Å². The fourth-order valence-electron chi connectivity index (χ4n) is 3.47. The van der Waals surface area contributed by atoms with E-state index in [1.807, 2.05) is 0 Å². The van der Waals surface area contributed by atoms with Crippen LogP contribution in [0.5, 0.6) is 0 Å². The smallest absolute Gasteiger partial charge is 0.254 e. The molecule has 3 rings (SSSR count). The molecule has 1 amide bonds. The zero-order valence-corrected chi connectivity index (χ0v) is 13.7. The van der Waals surface area contributed by atoms with Crippen LogP contribution in [0.1, 0.15) is 29.6 Å². The third kappa shape index (κ3) is 4.03. The van der Waals surface area contributed by atoms with Crippen molar-refractivity contribution in [3.8, 4) is 0 Å². The summed E-state index contributed by atoms with van der Waals surface area (Å²) in [4.78, 5) is 12.4. The predicted octanol–water partition coefficient (Wildman–Crippen LogP) is 3.04. The van der Waals surface area contributed by atoms with Gasteiger partial charge >= 0.3 is 0 Å². The molecule has 4 nitrogen and oxygen atoms in total. The van der Waals surface area contributed by atoms with Crippen LogP contribution < -0.4 is 5.32 Å². The third-order valence-corrected chi connectivity index (χ3v) is 5.00. The molecule has 0 bridgehead atoms. The molecule has 2 atom stereocenters. The van der Waals surface area contributed by atoms with E-state index in [-0.39, 0.29) is 17.5 Å². The molecule has 6 heteroatoms. The second-order valence-electron chi connectivity index (χ2n) is 6.18. The van der Waals surface area contributed by atoms with Crippen molar-refractivity contribution < 1.29 is 18.7 Å². The average molecular weight is 342 g/mol. The minimum atomic E-state index is -0.554. The number of ether oxygens (including phenoxy) is 2. The first-order chi connectivity index (χ1) is 11.1. The minimum absolute atomic E-state index is 0.00210. The van der Waals surface area contributed by atoms with Gasteiger partial charge in [-0.3, -0.25) is 4.79 Å². The Bertz CT molecular complexity index is 563. The molecule has 0 aliphatic carbocycles. The number of carbonyl (C=O) groups is 1. The van der Waals surface area contributed by atoms with E-state index in [9.17, 15) is 9.18 Å². The van der Waals surface area contributed by atoms with Gasteiger partial charge in [0.1, 0.15) is 5.82 Å². The highest BCUT2D eigenvalue weighted by Crippen LogP contribution is 2.30. The van der Waals surface area contributed by atoms with Gasteiger partial charge in [0.05, 0.1) is 12.2 Å². The van der Waals surface area contributed by atoms with E-state index in [0.29, 0.717) is 24.2 Å². The molecule has 0 radical (unpaired) electrons. The lowest BCUT2D eigenvalue weighted by atomic mass is 9.79. The highest BCUT2D eigenvalue weighted by Gasteiger charge is 2.34. The van der Waals surface area contributed by atoms with Crippen molar-refractivity contribution in [2.45, 2.75) is 25.3 Å². The highest BCUT2D eigenvalue weighted by molar-refractivity contribution is 6.31. The summed E-state index contributed by atoms with van der Waals surface area (Å²) in [6, 6.07) is 4.02. The number of hydrogen-bond donors (Lipinski definition) is 1. The maximum Gasteiger partial charge on any atom is 0.254 e. The zero-order valence-electron chi connectivity index (χ0n) is 12.9. The van der Waals surface area contributed by atoms with Crippen LogP contribution in [0, 0.1) is 17.7 Å². The van der Waals surface area contributed by atoms with Crippen LogP contribution in [0.3, 0.4) is 0 Å². The Labute approximate surface area is 140 Å². The Kier molecular flexibility index (Phi) is 5.51. The standard InChI is InChI=1S/C17H21ClFNO3/c18-12-1-2-15(19)13(9-12)17(21)20-16-5-8-23-10-14(16)11-3-6-22-7-4-11/h1-2,9,11,14,16H,3-8,10H2,(H,20,21)/t14-,16-/m1/s1. The zero-order chi connectivity index (χ0) is 16.2. The summed E-state index contributed by atoms with van der Waals surface area (Å²) in [6.07, 6.45) is 2.70. The maximum absolute atomic E-state index is 13.9. The van der Waals surface area contributed by atoms with Gasteiger partial charge in [0.15, 0.2) is 0 Å². The highest BCUT2D eigenvalue weighted by atomic mass is 35.5. The van der Waals surface area contributed by atoms with E-state index in [0.717, 1.165) is 32.5 Å². The molecule has 1 aromatic carbocycles. The Morgan fingerprint density at radius 3 is 2.70 bits per heavy atom. The molecule has 1 aromatic rings. The quantitative estimate of drug-likeness (QED) is 0.919. The number of benzene rings is 1. The van der Waals surface area contributed by atoms with Crippen molar-refractivity contribution in [2.24, 2.45) is 11.8 Å². The van der Waals surface area contributed by atoms with Crippen molar-refractivity contribution in [3.05, 3.63) is 34.6 Å². The van der Waals surface area contributed by atoms with Gasteiger partial charge < -0.3 is 14.8 Å². The molecule has 2 saturated heterocycles. The second-order valence-corrected chi connectivity index (χ2v) is 6.62. The summed E-state index contributed by atoms with van der Waals surface area (Å²) in [7, 11) is 0. The molecule has 2 aliphatic rings. The van der Waals surface area contributed by atoms with E-state index >= 15 is 0 Å². The van der Waals surface area contributed by atoms with Gasteiger partial charge in [-0.2, -0.15) is 0 Å². The fourth-order valence-corrected chi connectivity index (χ4v) is 3.64. The number of rotatable bonds is 3. The third-order valence-electron chi connectivity index (χ3n) is 4.76.